The van der Waals surface area contributed by atoms with Crippen LogP contribution in [0.2, 0.25) is 0 Å². The lowest BCUT2D eigenvalue weighted by molar-refractivity contribution is 0.611. The minimum absolute atomic E-state index is 0.657. The molecule has 3 aromatic rings. The Kier molecular flexibility index (Phi) is 2.61. The fourth-order valence-electron chi connectivity index (χ4n) is 2.70. The lowest BCUT2D eigenvalue weighted by atomic mass is 10.0. The van der Waals surface area contributed by atoms with Gasteiger partial charge in [-0.1, -0.05) is 12.1 Å². The van der Waals surface area contributed by atoms with Gasteiger partial charge in [-0.2, -0.15) is 5.26 Å². The van der Waals surface area contributed by atoms with Gasteiger partial charge >= 0.3 is 0 Å². The Morgan fingerprint density at radius 3 is 2.90 bits per heavy atom. The highest BCUT2D eigenvalue weighted by molar-refractivity contribution is 6.01. The molecule has 0 amide bonds. The molecule has 21 heavy (non-hydrogen) atoms. The van der Waals surface area contributed by atoms with E-state index in [1.165, 1.54) is 6.42 Å². The fourth-order valence-corrected chi connectivity index (χ4v) is 2.70. The van der Waals surface area contributed by atoms with Gasteiger partial charge < -0.3 is 9.88 Å². The van der Waals surface area contributed by atoms with Gasteiger partial charge in [0, 0.05) is 24.8 Å². The van der Waals surface area contributed by atoms with E-state index in [0.717, 1.165) is 41.1 Å². The lowest BCUT2D eigenvalue weighted by Crippen LogP contribution is -2.37. The summed E-state index contributed by atoms with van der Waals surface area (Å²) in [5.74, 6) is 0.977. The predicted molar refractivity (Wildman–Crippen MR) is 80.9 cm³/mol. The molecule has 1 saturated heterocycles. The van der Waals surface area contributed by atoms with Crippen LogP contribution in [0.3, 0.4) is 0 Å². The molecule has 3 heterocycles. The Morgan fingerprint density at radius 1 is 1.24 bits per heavy atom. The number of nitrogens with one attached hydrogen (secondary N) is 1. The monoisotopic (exact) mass is 275 g/mol. The van der Waals surface area contributed by atoms with Crippen molar-refractivity contribution < 1.29 is 0 Å². The quantitative estimate of drug-likeness (QED) is 0.780. The van der Waals surface area contributed by atoms with E-state index in [0.29, 0.717) is 5.56 Å². The van der Waals surface area contributed by atoms with Gasteiger partial charge in [0.1, 0.15) is 17.8 Å². The van der Waals surface area contributed by atoms with Crippen molar-refractivity contribution in [2.45, 2.75) is 6.42 Å². The minimum atomic E-state index is 0.657. The van der Waals surface area contributed by atoms with Crippen molar-refractivity contribution >= 4 is 16.9 Å². The van der Waals surface area contributed by atoms with Crippen LogP contribution in [0.4, 0.5) is 5.82 Å². The number of nitriles is 1. The Balaban J connectivity index is 1.94. The zero-order chi connectivity index (χ0) is 14.2. The van der Waals surface area contributed by atoms with Gasteiger partial charge in [-0.05, 0) is 24.1 Å². The number of H-pyrrole nitrogens is 1. The van der Waals surface area contributed by atoms with Crippen LogP contribution in [0.25, 0.3) is 22.2 Å². The first-order valence-electron chi connectivity index (χ1n) is 6.94. The molecule has 0 radical (unpaired) electrons. The maximum Gasteiger partial charge on any atom is 0.143 e. The molecule has 1 aliphatic rings. The van der Waals surface area contributed by atoms with E-state index in [2.05, 4.69) is 25.9 Å². The third-order valence-corrected chi connectivity index (χ3v) is 3.91. The van der Waals surface area contributed by atoms with Gasteiger partial charge in [-0.3, -0.25) is 0 Å². The van der Waals surface area contributed by atoms with Crippen LogP contribution in [0.5, 0.6) is 0 Å². The first-order valence-corrected chi connectivity index (χ1v) is 6.94. The third kappa shape index (κ3) is 1.84. The van der Waals surface area contributed by atoms with Crippen molar-refractivity contribution in [3.63, 3.8) is 0 Å². The van der Waals surface area contributed by atoms with Crippen molar-refractivity contribution in [1.82, 2.24) is 15.0 Å². The largest absolute Gasteiger partial charge is 0.356 e. The summed E-state index contributed by atoms with van der Waals surface area (Å²) in [7, 11) is 0. The first-order chi connectivity index (χ1) is 10.4. The van der Waals surface area contributed by atoms with Crippen LogP contribution < -0.4 is 4.90 Å². The summed E-state index contributed by atoms with van der Waals surface area (Å²) in [6.07, 6.45) is 4.75. The second-order valence-corrected chi connectivity index (χ2v) is 5.16. The van der Waals surface area contributed by atoms with Crippen LogP contribution in [-0.4, -0.2) is 28.0 Å². The molecule has 1 N–H and O–H groups in total. The number of aromatic nitrogens is 3. The SMILES string of the molecule is N#Cc1cccc(-c2c[nH]c3ncnc(N4CCC4)c23)c1. The molecule has 0 bridgehead atoms. The van der Waals surface area contributed by atoms with Gasteiger partial charge in [0.2, 0.25) is 0 Å². The molecule has 102 valence electrons. The van der Waals surface area contributed by atoms with Crippen molar-refractivity contribution in [1.29, 1.82) is 5.26 Å². The highest BCUT2D eigenvalue weighted by atomic mass is 15.2. The van der Waals surface area contributed by atoms with Crippen LogP contribution >= 0.6 is 0 Å². The normalized spacial score (nSPS) is 14.0. The van der Waals surface area contributed by atoms with Crippen molar-refractivity contribution in [2.75, 3.05) is 18.0 Å². The Morgan fingerprint density at radius 2 is 2.14 bits per heavy atom. The topological polar surface area (TPSA) is 68.6 Å². The molecular weight excluding hydrogens is 262 g/mol. The zero-order valence-electron chi connectivity index (χ0n) is 11.4. The molecule has 5 nitrogen and oxygen atoms in total. The maximum absolute atomic E-state index is 9.07. The van der Waals surface area contributed by atoms with Crippen molar-refractivity contribution in [3.8, 4) is 17.2 Å². The van der Waals surface area contributed by atoms with E-state index in [-0.39, 0.29) is 0 Å². The molecule has 0 saturated carbocycles. The zero-order valence-corrected chi connectivity index (χ0v) is 11.4. The lowest BCUT2D eigenvalue weighted by Gasteiger charge is -2.32. The molecular formula is C16H13N5. The minimum Gasteiger partial charge on any atom is -0.356 e. The van der Waals surface area contributed by atoms with Gasteiger partial charge in [0.25, 0.3) is 0 Å². The van der Waals surface area contributed by atoms with E-state index >= 15 is 0 Å². The van der Waals surface area contributed by atoms with Gasteiger partial charge in [-0.25, -0.2) is 9.97 Å². The molecule has 0 atom stereocenters. The molecule has 1 aromatic carbocycles. The number of hydrogen-bond donors (Lipinski definition) is 1. The average Bonchev–Trinajstić information content (AvgIpc) is 2.90. The van der Waals surface area contributed by atoms with E-state index in [4.69, 9.17) is 5.26 Å². The number of fused-ring (bicyclic) bond motifs is 1. The summed E-state index contributed by atoms with van der Waals surface area (Å²) in [6.45, 7) is 2.07. The number of aromatic amines is 1. The Hall–Kier alpha value is -2.87. The second kappa shape index (κ2) is 4.60. The van der Waals surface area contributed by atoms with E-state index in [9.17, 15) is 0 Å². The van der Waals surface area contributed by atoms with E-state index in [1.54, 1.807) is 6.33 Å². The van der Waals surface area contributed by atoms with Gasteiger partial charge in [0.15, 0.2) is 0 Å². The Labute approximate surface area is 121 Å². The summed E-state index contributed by atoms with van der Waals surface area (Å²) in [4.78, 5) is 14.2. The Bertz CT molecular complexity index is 854. The van der Waals surface area contributed by atoms with Crippen LogP contribution in [0.15, 0.2) is 36.8 Å². The van der Waals surface area contributed by atoms with Crippen LogP contribution in [-0.2, 0) is 0 Å². The predicted octanol–water partition coefficient (Wildman–Crippen LogP) is 2.71. The van der Waals surface area contributed by atoms with Gasteiger partial charge in [-0.15, -0.1) is 0 Å². The average molecular weight is 275 g/mol. The summed E-state index contributed by atoms with van der Waals surface area (Å²) in [6, 6.07) is 9.81. The van der Waals surface area contributed by atoms with E-state index in [1.807, 2.05) is 30.5 Å². The number of benzene rings is 1. The number of hydrogen-bond acceptors (Lipinski definition) is 4. The van der Waals surface area contributed by atoms with Crippen molar-refractivity contribution in [3.05, 3.63) is 42.4 Å². The first kappa shape index (κ1) is 11.9. The van der Waals surface area contributed by atoms with E-state index < -0.39 is 0 Å². The molecule has 4 rings (SSSR count). The standard InChI is InChI=1S/C16H13N5/c17-8-11-3-1-4-12(7-11)13-9-18-15-14(13)16(20-10-19-15)21-5-2-6-21/h1,3-4,7,9-10H,2,5-6H2,(H,18,19,20). The molecule has 1 aliphatic heterocycles. The maximum atomic E-state index is 9.07. The fraction of sp³-hybridized carbons (Fsp3) is 0.188. The second-order valence-electron chi connectivity index (χ2n) is 5.16. The molecule has 0 unspecified atom stereocenters. The molecule has 1 fully saturated rings. The molecule has 5 heteroatoms. The van der Waals surface area contributed by atoms with Gasteiger partial charge in [0.05, 0.1) is 17.0 Å². The smallest absolute Gasteiger partial charge is 0.143 e. The van der Waals surface area contributed by atoms with Crippen LogP contribution in [0, 0.1) is 11.3 Å². The number of nitrogens with zero attached hydrogens (tertiary/aromatic N) is 4. The van der Waals surface area contributed by atoms with Crippen molar-refractivity contribution in [2.24, 2.45) is 0 Å². The molecule has 2 aromatic heterocycles. The summed E-state index contributed by atoms with van der Waals surface area (Å²) in [5, 5.41) is 10.1. The van der Waals surface area contributed by atoms with Crippen LogP contribution in [0.1, 0.15) is 12.0 Å². The summed E-state index contributed by atoms with van der Waals surface area (Å²) >= 11 is 0. The summed E-state index contributed by atoms with van der Waals surface area (Å²) in [5.41, 5.74) is 3.55. The number of anilines is 1. The molecule has 0 spiro atoms. The highest BCUT2D eigenvalue weighted by Crippen LogP contribution is 2.35. The third-order valence-electron chi connectivity index (χ3n) is 3.91. The highest BCUT2D eigenvalue weighted by Gasteiger charge is 2.21. The number of rotatable bonds is 2. The summed E-state index contributed by atoms with van der Waals surface area (Å²) < 4.78 is 0. The molecule has 0 aliphatic carbocycles.